The molecule has 1 aliphatic carbocycles. The SMILES string of the molecule is CC1CC=Cc2c1sc1c2nc(-c2ccc(-c3cc(-c4ccccc4)nc(-c4cccc(-n5c6ccccc6c6ccccc65)c4)n3)c3ccccc23)c2ccccc21. The zero-order chi connectivity index (χ0) is 39.0. The van der Waals surface area contributed by atoms with Crippen LogP contribution in [0, 0.1) is 0 Å². The third-order valence-corrected chi connectivity index (χ3v) is 13.5. The van der Waals surface area contributed by atoms with Crippen LogP contribution in [-0.4, -0.2) is 19.5 Å². The van der Waals surface area contributed by atoms with E-state index in [-0.39, 0.29) is 0 Å². The summed E-state index contributed by atoms with van der Waals surface area (Å²) in [6.45, 7) is 2.33. The molecular formula is C54H36N4S. The van der Waals surface area contributed by atoms with Crippen LogP contribution < -0.4 is 0 Å². The van der Waals surface area contributed by atoms with E-state index in [4.69, 9.17) is 15.0 Å². The first kappa shape index (κ1) is 33.9. The Morgan fingerprint density at radius 2 is 1.14 bits per heavy atom. The van der Waals surface area contributed by atoms with Crippen LogP contribution in [0.2, 0.25) is 0 Å². The van der Waals surface area contributed by atoms with Crippen LogP contribution in [0.5, 0.6) is 0 Å². The largest absolute Gasteiger partial charge is 0.309 e. The summed E-state index contributed by atoms with van der Waals surface area (Å²) in [6, 6.07) is 60.4. The van der Waals surface area contributed by atoms with Crippen molar-refractivity contribution >= 4 is 71.0 Å². The lowest BCUT2D eigenvalue weighted by atomic mass is 9.92. The highest BCUT2D eigenvalue weighted by atomic mass is 32.1. The molecule has 0 saturated carbocycles. The van der Waals surface area contributed by atoms with E-state index < -0.39 is 0 Å². The van der Waals surface area contributed by atoms with Crippen molar-refractivity contribution in [2.75, 3.05) is 0 Å². The van der Waals surface area contributed by atoms with E-state index in [1.807, 2.05) is 17.4 Å². The number of rotatable bonds is 5. The van der Waals surface area contributed by atoms with E-state index in [2.05, 4.69) is 187 Å². The Morgan fingerprint density at radius 3 is 1.90 bits per heavy atom. The first-order chi connectivity index (χ1) is 29.2. The van der Waals surface area contributed by atoms with Crippen molar-refractivity contribution in [3.8, 4) is 50.8 Å². The van der Waals surface area contributed by atoms with E-state index in [0.717, 1.165) is 67.7 Å². The van der Waals surface area contributed by atoms with Crippen LogP contribution >= 0.6 is 11.3 Å². The van der Waals surface area contributed by atoms with Crippen molar-refractivity contribution < 1.29 is 0 Å². The van der Waals surface area contributed by atoms with Gasteiger partial charge in [-0.05, 0) is 53.4 Å². The minimum Gasteiger partial charge on any atom is -0.309 e. The molecule has 0 bridgehead atoms. The number of fused-ring (bicyclic) bond motifs is 9. The molecule has 0 spiro atoms. The second-order valence-corrected chi connectivity index (χ2v) is 16.6. The lowest BCUT2D eigenvalue weighted by Crippen LogP contribution is -1.99. The Labute approximate surface area is 345 Å². The maximum Gasteiger partial charge on any atom is 0.160 e. The average molecular weight is 773 g/mol. The molecule has 7 aromatic carbocycles. The fraction of sp³-hybridized carbons (Fsp3) is 0.0556. The van der Waals surface area contributed by atoms with Crippen molar-refractivity contribution in [2.24, 2.45) is 0 Å². The molecule has 11 aromatic rings. The monoisotopic (exact) mass is 772 g/mol. The van der Waals surface area contributed by atoms with Gasteiger partial charge in [-0.25, -0.2) is 15.0 Å². The molecule has 4 heterocycles. The number of pyridine rings is 1. The fourth-order valence-corrected chi connectivity index (χ4v) is 10.6. The highest BCUT2D eigenvalue weighted by Crippen LogP contribution is 2.46. The molecule has 0 N–H and O–H groups in total. The molecule has 1 aliphatic rings. The number of para-hydroxylation sites is 2. The van der Waals surface area contributed by atoms with Gasteiger partial charge in [0.25, 0.3) is 0 Å². The van der Waals surface area contributed by atoms with Crippen LogP contribution in [0.1, 0.15) is 29.7 Å². The van der Waals surface area contributed by atoms with Gasteiger partial charge >= 0.3 is 0 Å². The normalized spacial score (nSPS) is 13.9. The van der Waals surface area contributed by atoms with E-state index in [1.165, 1.54) is 47.7 Å². The summed E-state index contributed by atoms with van der Waals surface area (Å²) in [5.74, 6) is 1.17. The average Bonchev–Trinajstić information content (AvgIpc) is 3.86. The minimum absolute atomic E-state index is 0.492. The van der Waals surface area contributed by atoms with E-state index in [9.17, 15) is 0 Å². The van der Waals surface area contributed by atoms with Crippen LogP contribution in [-0.2, 0) is 0 Å². The molecule has 0 aliphatic heterocycles. The molecule has 59 heavy (non-hydrogen) atoms. The van der Waals surface area contributed by atoms with Crippen LogP contribution in [0.15, 0.2) is 176 Å². The standard InChI is InChI=1S/C54H36N4S/c1-33-15-13-26-45-51-53(59-52(33)45)44-25-8-7-24-42(44)50(57-51)43-30-29-39(37-20-5-6-21-38(37)43)47-32-46(34-16-3-2-4-17-34)55-54(56-47)35-18-14-19-36(31-35)58-48-27-11-9-22-40(48)41-23-10-12-28-49(41)58/h2-14,16-33H,15H2,1H3. The molecule has 4 aromatic heterocycles. The number of hydrogen-bond donors (Lipinski definition) is 0. The highest BCUT2D eigenvalue weighted by Gasteiger charge is 2.24. The Kier molecular flexibility index (Phi) is 7.72. The zero-order valence-corrected chi connectivity index (χ0v) is 33.1. The number of benzene rings is 7. The lowest BCUT2D eigenvalue weighted by molar-refractivity contribution is 0.790. The summed E-state index contributed by atoms with van der Waals surface area (Å²) < 4.78 is 3.62. The number of allylic oxidation sites excluding steroid dienone is 1. The van der Waals surface area contributed by atoms with Gasteiger partial charge in [-0.2, -0.15) is 0 Å². The summed E-state index contributed by atoms with van der Waals surface area (Å²) in [7, 11) is 0. The number of aromatic nitrogens is 4. The predicted molar refractivity (Wildman–Crippen MR) is 248 cm³/mol. The summed E-state index contributed by atoms with van der Waals surface area (Å²) in [5, 5.41) is 7.17. The van der Waals surface area contributed by atoms with E-state index in [1.54, 1.807) is 0 Å². The van der Waals surface area contributed by atoms with Gasteiger partial charge < -0.3 is 4.57 Å². The van der Waals surface area contributed by atoms with Crippen molar-refractivity contribution in [3.63, 3.8) is 0 Å². The Morgan fingerprint density at radius 1 is 0.525 bits per heavy atom. The molecule has 1 unspecified atom stereocenters. The summed E-state index contributed by atoms with van der Waals surface area (Å²) >= 11 is 1.91. The van der Waals surface area contributed by atoms with Gasteiger partial charge in [0.1, 0.15) is 0 Å². The molecule has 0 radical (unpaired) electrons. The molecule has 12 rings (SSSR count). The van der Waals surface area contributed by atoms with Crippen molar-refractivity contribution in [3.05, 3.63) is 186 Å². The third kappa shape index (κ3) is 5.39. The van der Waals surface area contributed by atoms with Crippen LogP contribution in [0.4, 0.5) is 0 Å². The number of nitrogens with zero attached hydrogens (tertiary/aromatic N) is 4. The summed E-state index contributed by atoms with van der Waals surface area (Å²) in [4.78, 5) is 17.6. The van der Waals surface area contributed by atoms with Gasteiger partial charge in [0, 0.05) is 59.9 Å². The van der Waals surface area contributed by atoms with Crippen LogP contribution in [0.25, 0.3) is 110 Å². The van der Waals surface area contributed by atoms with Crippen LogP contribution in [0.3, 0.4) is 0 Å². The van der Waals surface area contributed by atoms with Gasteiger partial charge in [-0.3, -0.25) is 0 Å². The molecule has 0 saturated heterocycles. The second-order valence-electron chi connectivity index (χ2n) is 15.6. The zero-order valence-electron chi connectivity index (χ0n) is 32.3. The maximum atomic E-state index is 5.54. The van der Waals surface area contributed by atoms with Crippen molar-refractivity contribution in [1.82, 2.24) is 19.5 Å². The Bertz CT molecular complexity index is 3450. The first-order valence-corrected chi connectivity index (χ1v) is 21.1. The molecule has 1 atom stereocenters. The van der Waals surface area contributed by atoms with Gasteiger partial charge in [0.15, 0.2) is 5.82 Å². The molecule has 278 valence electrons. The van der Waals surface area contributed by atoms with Crippen molar-refractivity contribution in [2.45, 2.75) is 19.3 Å². The highest BCUT2D eigenvalue weighted by molar-refractivity contribution is 7.20. The summed E-state index contributed by atoms with van der Waals surface area (Å²) in [5.41, 5.74) is 12.7. The lowest BCUT2D eigenvalue weighted by Gasteiger charge is -2.15. The van der Waals surface area contributed by atoms with Gasteiger partial charge in [-0.15, -0.1) is 11.3 Å². The number of thiophene rings is 1. The number of hydrogen-bond acceptors (Lipinski definition) is 4. The minimum atomic E-state index is 0.492. The molecule has 5 heteroatoms. The van der Waals surface area contributed by atoms with Crippen molar-refractivity contribution in [1.29, 1.82) is 0 Å². The third-order valence-electron chi connectivity index (χ3n) is 12.0. The first-order valence-electron chi connectivity index (χ1n) is 20.3. The Balaban J connectivity index is 1.06. The maximum absolute atomic E-state index is 5.54. The van der Waals surface area contributed by atoms with E-state index >= 15 is 0 Å². The van der Waals surface area contributed by atoms with Gasteiger partial charge in [-0.1, -0.05) is 159 Å². The quantitative estimate of drug-likeness (QED) is 0.175. The van der Waals surface area contributed by atoms with Gasteiger partial charge in [0.05, 0.1) is 38.3 Å². The fourth-order valence-electron chi connectivity index (χ4n) is 9.22. The molecular weight excluding hydrogens is 737 g/mol. The predicted octanol–water partition coefficient (Wildman–Crippen LogP) is 14.7. The summed E-state index contributed by atoms with van der Waals surface area (Å²) in [6.07, 6.45) is 5.66. The van der Waals surface area contributed by atoms with Gasteiger partial charge in [0.2, 0.25) is 0 Å². The van der Waals surface area contributed by atoms with E-state index in [0.29, 0.717) is 11.7 Å². The topological polar surface area (TPSA) is 43.6 Å². The molecule has 0 amide bonds. The smallest absolute Gasteiger partial charge is 0.160 e. The molecule has 0 fully saturated rings. The molecule has 4 nitrogen and oxygen atoms in total. The second kappa shape index (κ2) is 13.4. The Hall–Kier alpha value is -7.21.